The second-order valence-electron chi connectivity index (χ2n) is 6.83. The van der Waals surface area contributed by atoms with Gasteiger partial charge in [-0.3, -0.25) is 4.79 Å². The molecule has 1 aromatic carbocycles. The number of furan rings is 1. The lowest BCUT2D eigenvalue weighted by atomic mass is 10.1. The van der Waals surface area contributed by atoms with Crippen molar-refractivity contribution in [3.63, 3.8) is 0 Å². The highest BCUT2D eigenvalue weighted by Crippen LogP contribution is 2.28. The minimum atomic E-state index is -0.521. The van der Waals surface area contributed by atoms with E-state index in [1.165, 1.54) is 0 Å². The van der Waals surface area contributed by atoms with Gasteiger partial charge in [0.2, 0.25) is 0 Å². The molecular weight excluding hydrogens is 360 g/mol. The number of carbonyl (C=O) groups is 2. The number of anilines is 1. The number of aryl methyl sites for hydroxylation is 2. The molecule has 150 valence electrons. The van der Waals surface area contributed by atoms with Crippen LogP contribution >= 0.6 is 0 Å². The molecule has 0 spiro atoms. The van der Waals surface area contributed by atoms with Gasteiger partial charge in [0.1, 0.15) is 22.8 Å². The zero-order chi connectivity index (χ0) is 20.3. The highest BCUT2D eigenvalue weighted by atomic mass is 16.5. The summed E-state index contributed by atoms with van der Waals surface area (Å²) >= 11 is 0. The molecule has 1 saturated heterocycles. The van der Waals surface area contributed by atoms with Gasteiger partial charge in [-0.15, -0.1) is 0 Å². The third-order valence-corrected chi connectivity index (χ3v) is 5.15. The number of para-hydroxylation sites is 2. The number of esters is 1. The largest absolute Gasteiger partial charge is 0.495 e. The highest BCUT2D eigenvalue weighted by molar-refractivity contribution is 5.94. The molecule has 1 amide bonds. The summed E-state index contributed by atoms with van der Waals surface area (Å²) in [4.78, 5) is 28.7. The molecule has 0 atom stereocenters. The van der Waals surface area contributed by atoms with Crippen molar-refractivity contribution in [2.45, 2.75) is 20.8 Å². The molecule has 2 aromatic rings. The van der Waals surface area contributed by atoms with E-state index < -0.39 is 5.97 Å². The first-order valence-electron chi connectivity index (χ1n) is 9.31. The molecule has 0 N–H and O–H groups in total. The molecular formula is C21H26N2O5. The van der Waals surface area contributed by atoms with Crippen molar-refractivity contribution in [3.05, 3.63) is 46.9 Å². The van der Waals surface area contributed by atoms with Gasteiger partial charge in [0.15, 0.2) is 6.61 Å². The molecule has 0 bridgehead atoms. The van der Waals surface area contributed by atoms with Crippen LogP contribution < -0.4 is 9.64 Å². The molecule has 7 nitrogen and oxygen atoms in total. The Labute approximate surface area is 164 Å². The number of carbonyl (C=O) groups excluding carboxylic acids is 2. The maximum Gasteiger partial charge on any atom is 0.342 e. The molecule has 2 heterocycles. The van der Waals surface area contributed by atoms with E-state index in [0.717, 1.165) is 17.0 Å². The van der Waals surface area contributed by atoms with Crippen LogP contribution in [0.5, 0.6) is 5.75 Å². The van der Waals surface area contributed by atoms with Crippen LogP contribution in [0.15, 0.2) is 28.7 Å². The van der Waals surface area contributed by atoms with E-state index in [9.17, 15) is 9.59 Å². The van der Waals surface area contributed by atoms with Gasteiger partial charge in [-0.2, -0.15) is 0 Å². The van der Waals surface area contributed by atoms with Crippen LogP contribution in [0.25, 0.3) is 0 Å². The van der Waals surface area contributed by atoms with E-state index in [1.807, 2.05) is 24.3 Å². The van der Waals surface area contributed by atoms with Gasteiger partial charge in [0.05, 0.1) is 12.8 Å². The van der Waals surface area contributed by atoms with Crippen molar-refractivity contribution in [2.24, 2.45) is 0 Å². The average Bonchev–Trinajstić information content (AvgIpc) is 2.97. The third-order valence-electron chi connectivity index (χ3n) is 5.15. The Kier molecular flexibility index (Phi) is 5.92. The third kappa shape index (κ3) is 3.98. The predicted molar refractivity (Wildman–Crippen MR) is 105 cm³/mol. The fourth-order valence-corrected chi connectivity index (χ4v) is 3.47. The van der Waals surface area contributed by atoms with Gasteiger partial charge in [-0.25, -0.2) is 4.79 Å². The SMILES string of the molecule is COc1ccccc1N1CCN(C(=O)COC(=O)c2c(C)oc(C)c2C)CC1. The Morgan fingerprint density at radius 3 is 2.32 bits per heavy atom. The number of amides is 1. The van der Waals surface area contributed by atoms with E-state index in [2.05, 4.69) is 4.90 Å². The van der Waals surface area contributed by atoms with Gasteiger partial charge < -0.3 is 23.7 Å². The minimum Gasteiger partial charge on any atom is -0.495 e. The van der Waals surface area contributed by atoms with Gasteiger partial charge >= 0.3 is 5.97 Å². The van der Waals surface area contributed by atoms with Crippen LogP contribution in [0.2, 0.25) is 0 Å². The van der Waals surface area contributed by atoms with Crippen molar-refractivity contribution >= 4 is 17.6 Å². The van der Waals surface area contributed by atoms with Crippen LogP contribution in [0.1, 0.15) is 27.4 Å². The molecule has 0 radical (unpaired) electrons. The van der Waals surface area contributed by atoms with Crippen molar-refractivity contribution in [1.29, 1.82) is 0 Å². The van der Waals surface area contributed by atoms with Crippen molar-refractivity contribution in [1.82, 2.24) is 4.90 Å². The smallest absolute Gasteiger partial charge is 0.342 e. The van der Waals surface area contributed by atoms with Crippen LogP contribution in [-0.4, -0.2) is 56.7 Å². The first-order valence-corrected chi connectivity index (χ1v) is 9.31. The minimum absolute atomic E-state index is 0.191. The monoisotopic (exact) mass is 386 g/mol. The van der Waals surface area contributed by atoms with Crippen LogP contribution in [0, 0.1) is 20.8 Å². The van der Waals surface area contributed by atoms with Crippen LogP contribution in [-0.2, 0) is 9.53 Å². The first-order chi connectivity index (χ1) is 13.4. The Morgan fingerprint density at radius 1 is 1.04 bits per heavy atom. The molecule has 7 heteroatoms. The quantitative estimate of drug-likeness (QED) is 0.736. The summed E-state index contributed by atoms with van der Waals surface area (Å²) in [6.07, 6.45) is 0. The number of hydrogen-bond acceptors (Lipinski definition) is 6. The number of nitrogens with zero attached hydrogens (tertiary/aromatic N) is 2. The maximum atomic E-state index is 12.5. The standard InChI is InChI=1S/C21H26N2O5/c1-14-15(2)28-16(3)20(14)21(25)27-13-19(24)23-11-9-22(10-12-23)17-7-5-6-8-18(17)26-4/h5-8H,9-13H2,1-4H3. The Hall–Kier alpha value is -2.96. The maximum absolute atomic E-state index is 12.5. The van der Waals surface area contributed by atoms with Gasteiger partial charge in [-0.1, -0.05) is 12.1 Å². The van der Waals surface area contributed by atoms with Gasteiger partial charge in [-0.05, 0) is 32.9 Å². The lowest BCUT2D eigenvalue weighted by Gasteiger charge is -2.36. The first kappa shape index (κ1) is 19.8. The van der Waals surface area contributed by atoms with Crippen LogP contribution in [0.4, 0.5) is 5.69 Å². The van der Waals surface area contributed by atoms with Crippen molar-refractivity contribution in [3.8, 4) is 5.75 Å². The normalized spacial score (nSPS) is 14.1. The Morgan fingerprint density at radius 2 is 1.71 bits per heavy atom. The molecule has 1 fully saturated rings. The van der Waals surface area contributed by atoms with Crippen molar-refractivity contribution < 1.29 is 23.5 Å². The number of benzene rings is 1. The molecule has 3 rings (SSSR count). The second kappa shape index (κ2) is 8.37. The van der Waals surface area contributed by atoms with E-state index >= 15 is 0 Å². The zero-order valence-corrected chi connectivity index (χ0v) is 16.8. The number of ether oxygens (including phenoxy) is 2. The molecule has 0 saturated carbocycles. The predicted octanol–water partition coefficient (Wildman–Crippen LogP) is 2.72. The molecule has 28 heavy (non-hydrogen) atoms. The highest BCUT2D eigenvalue weighted by Gasteiger charge is 2.25. The van der Waals surface area contributed by atoms with Crippen LogP contribution in [0.3, 0.4) is 0 Å². The molecule has 1 aromatic heterocycles. The molecule has 1 aliphatic heterocycles. The summed E-state index contributed by atoms with van der Waals surface area (Å²) in [5.74, 6) is 1.30. The zero-order valence-electron chi connectivity index (χ0n) is 16.8. The molecule has 1 aliphatic rings. The lowest BCUT2D eigenvalue weighted by Crippen LogP contribution is -2.50. The summed E-state index contributed by atoms with van der Waals surface area (Å²) < 4.78 is 16.1. The summed E-state index contributed by atoms with van der Waals surface area (Å²) in [6, 6.07) is 7.83. The topological polar surface area (TPSA) is 72.2 Å². The second-order valence-corrected chi connectivity index (χ2v) is 6.83. The number of hydrogen-bond donors (Lipinski definition) is 0. The van der Waals surface area contributed by atoms with E-state index in [1.54, 1.807) is 32.8 Å². The molecule has 0 unspecified atom stereocenters. The lowest BCUT2D eigenvalue weighted by molar-refractivity contribution is -0.134. The number of piperazine rings is 1. The number of methoxy groups -OCH3 is 1. The van der Waals surface area contributed by atoms with Gasteiger partial charge in [0, 0.05) is 31.7 Å². The fourth-order valence-electron chi connectivity index (χ4n) is 3.47. The fraction of sp³-hybridized carbons (Fsp3) is 0.429. The Balaban J connectivity index is 1.53. The summed E-state index contributed by atoms with van der Waals surface area (Å²) in [6.45, 7) is 7.58. The summed E-state index contributed by atoms with van der Waals surface area (Å²) in [7, 11) is 1.65. The van der Waals surface area contributed by atoms with Gasteiger partial charge in [0.25, 0.3) is 5.91 Å². The van der Waals surface area contributed by atoms with Crippen molar-refractivity contribution in [2.75, 3.05) is 44.8 Å². The van der Waals surface area contributed by atoms with E-state index in [-0.39, 0.29) is 12.5 Å². The number of rotatable bonds is 5. The van der Waals surface area contributed by atoms with E-state index in [4.69, 9.17) is 13.9 Å². The summed E-state index contributed by atoms with van der Waals surface area (Å²) in [5, 5.41) is 0. The van der Waals surface area contributed by atoms with E-state index in [0.29, 0.717) is 43.3 Å². The molecule has 0 aliphatic carbocycles. The summed E-state index contributed by atoms with van der Waals surface area (Å²) in [5.41, 5.74) is 2.18. The Bertz CT molecular complexity index is 866. The average molecular weight is 386 g/mol.